The molecule has 1 aliphatic carbocycles. The maximum Gasteiger partial charge on any atom is 0.271 e. The van der Waals surface area contributed by atoms with Crippen molar-refractivity contribution in [1.29, 1.82) is 0 Å². The average Bonchev–Trinajstić information content (AvgIpc) is 3.51. The molecule has 7 nitrogen and oxygen atoms in total. The summed E-state index contributed by atoms with van der Waals surface area (Å²) in [4.78, 5) is 32.1. The molecular weight excluding hydrogens is 452 g/mol. The van der Waals surface area contributed by atoms with Crippen LogP contribution in [0, 0.1) is 11.8 Å². The molecule has 0 aromatic carbocycles. The summed E-state index contributed by atoms with van der Waals surface area (Å²) in [7, 11) is 0. The fourth-order valence-electron chi connectivity index (χ4n) is 6.78. The van der Waals surface area contributed by atoms with Crippen molar-refractivity contribution in [2.45, 2.75) is 83.8 Å². The van der Waals surface area contributed by atoms with Gasteiger partial charge in [0.15, 0.2) is 0 Å². The molecule has 2 aliphatic heterocycles. The maximum absolute atomic E-state index is 13.9. The number of fused-ring (bicyclic) bond motifs is 1. The number of likely N-dealkylation sites (tertiary alicyclic amines) is 1. The molecule has 0 unspecified atom stereocenters. The van der Waals surface area contributed by atoms with E-state index in [9.17, 15) is 9.59 Å². The second-order valence-corrected chi connectivity index (χ2v) is 11.8. The predicted octanol–water partition coefficient (Wildman–Crippen LogP) is 4.78. The molecule has 36 heavy (non-hydrogen) atoms. The summed E-state index contributed by atoms with van der Waals surface area (Å²) in [6, 6.07) is 7.76. The van der Waals surface area contributed by atoms with Gasteiger partial charge in [0.25, 0.3) is 5.91 Å². The zero-order valence-electron chi connectivity index (χ0n) is 22.2. The smallest absolute Gasteiger partial charge is 0.271 e. The number of carbonyl (C=O) groups is 2. The van der Waals surface area contributed by atoms with E-state index >= 15 is 0 Å². The number of rotatable bonds is 7. The molecule has 2 aromatic rings. The van der Waals surface area contributed by atoms with Crippen LogP contribution in [0.2, 0.25) is 0 Å². The molecule has 4 heterocycles. The second-order valence-electron chi connectivity index (χ2n) is 11.8. The summed E-state index contributed by atoms with van der Waals surface area (Å²) < 4.78 is 7.63. The van der Waals surface area contributed by atoms with Crippen LogP contribution in [0.15, 0.2) is 34.9 Å². The van der Waals surface area contributed by atoms with Gasteiger partial charge in [-0.25, -0.2) is 0 Å². The maximum atomic E-state index is 13.9. The van der Waals surface area contributed by atoms with E-state index in [1.54, 1.807) is 6.26 Å². The summed E-state index contributed by atoms with van der Waals surface area (Å²) in [6.45, 7) is 10.8. The van der Waals surface area contributed by atoms with E-state index < -0.39 is 5.54 Å². The van der Waals surface area contributed by atoms with Gasteiger partial charge in [0.05, 0.1) is 18.5 Å². The molecule has 196 valence electrons. The monoisotopic (exact) mass is 494 g/mol. The lowest BCUT2D eigenvalue weighted by Crippen LogP contribution is -2.65. The lowest BCUT2D eigenvalue weighted by atomic mass is 9.91. The van der Waals surface area contributed by atoms with Crippen LogP contribution in [0.4, 0.5) is 0 Å². The minimum atomic E-state index is -0.954. The highest BCUT2D eigenvalue weighted by Crippen LogP contribution is 2.34. The van der Waals surface area contributed by atoms with Gasteiger partial charge in [-0.2, -0.15) is 0 Å². The lowest BCUT2D eigenvalue weighted by Gasteiger charge is -2.45. The van der Waals surface area contributed by atoms with Gasteiger partial charge in [-0.05, 0) is 75.3 Å². The summed E-state index contributed by atoms with van der Waals surface area (Å²) in [6.07, 6.45) is 9.38. The van der Waals surface area contributed by atoms with Crippen LogP contribution in [0.25, 0.3) is 11.5 Å². The standard InChI is InChI=1S/C29H42N4O3/c1-21-17-22(2)19-31(18-21)14-8-15-33-27(34)25-13-12-24(26-11-7-16-36-26)32(25)20-29(33,3)28(35)30-23-9-5-4-6-10-23/h7,11-13,16,21-23H,4-6,8-10,14-15,17-20H2,1-3H3,(H,30,35)/t21-,22-,29-/m1/s1. The third-order valence-corrected chi connectivity index (χ3v) is 8.51. The van der Waals surface area contributed by atoms with Crippen LogP contribution in [0.3, 0.4) is 0 Å². The van der Waals surface area contributed by atoms with Crippen molar-refractivity contribution in [2.75, 3.05) is 26.2 Å². The first-order valence-corrected chi connectivity index (χ1v) is 13.9. The van der Waals surface area contributed by atoms with Gasteiger partial charge < -0.3 is 24.1 Å². The largest absolute Gasteiger partial charge is 0.463 e. The van der Waals surface area contributed by atoms with E-state index in [1.807, 2.05) is 40.7 Å². The molecule has 2 amide bonds. The van der Waals surface area contributed by atoms with Crippen molar-refractivity contribution in [3.05, 3.63) is 36.2 Å². The van der Waals surface area contributed by atoms with E-state index in [0.29, 0.717) is 36.4 Å². The number of amides is 2. The highest BCUT2D eigenvalue weighted by atomic mass is 16.3. The Labute approximate surface area is 215 Å². The molecule has 2 fully saturated rings. The molecule has 0 bridgehead atoms. The zero-order valence-corrected chi connectivity index (χ0v) is 22.2. The van der Waals surface area contributed by atoms with Crippen LogP contribution in [-0.4, -0.2) is 63.9 Å². The number of carbonyl (C=O) groups excluding carboxylic acids is 2. The van der Waals surface area contributed by atoms with Crippen molar-refractivity contribution in [3.63, 3.8) is 0 Å². The molecule has 3 atom stereocenters. The number of hydrogen-bond acceptors (Lipinski definition) is 4. The van der Waals surface area contributed by atoms with Crippen molar-refractivity contribution in [1.82, 2.24) is 19.7 Å². The molecule has 0 radical (unpaired) electrons. The third-order valence-electron chi connectivity index (χ3n) is 8.51. The fourth-order valence-corrected chi connectivity index (χ4v) is 6.78. The number of aromatic nitrogens is 1. The summed E-state index contributed by atoms with van der Waals surface area (Å²) in [5, 5.41) is 3.33. The van der Waals surface area contributed by atoms with Crippen LogP contribution < -0.4 is 5.32 Å². The number of nitrogens with one attached hydrogen (secondary N) is 1. The van der Waals surface area contributed by atoms with Crippen molar-refractivity contribution < 1.29 is 14.0 Å². The van der Waals surface area contributed by atoms with Crippen molar-refractivity contribution in [3.8, 4) is 11.5 Å². The number of furan rings is 1. The van der Waals surface area contributed by atoms with E-state index in [-0.39, 0.29) is 17.9 Å². The van der Waals surface area contributed by atoms with Crippen molar-refractivity contribution >= 4 is 11.8 Å². The van der Waals surface area contributed by atoms with Crippen molar-refractivity contribution in [2.24, 2.45) is 11.8 Å². The number of hydrogen-bond donors (Lipinski definition) is 1. The summed E-state index contributed by atoms with van der Waals surface area (Å²) in [5.41, 5.74) is 0.519. The Morgan fingerprint density at radius 1 is 1.06 bits per heavy atom. The first-order valence-electron chi connectivity index (χ1n) is 13.9. The van der Waals surface area contributed by atoms with Gasteiger partial charge in [-0.1, -0.05) is 33.1 Å². The number of piperidine rings is 1. The molecule has 5 rings (SSSR count). The topological polar surface area (TPSA) is 70.7 Å². The predicted molar refractivity (Wildman–Crippen MR) is 141 cm³/mol. The Hall–Kier alpha value is -2.54. The van der Waals surface area contributed by atoms with Gasteiger partial charge in [0, 0.05) is 25.7 Å². The lowest BCUT2D eigenvalue weighted by molar-refractivity contribution is -0.133. The third kappa shape index (κ3) is 4.99. The van der Waals surface area contributed by atoms with Gasteiger partial charge >= 0.3 is 0 Å². The Balaban J connectivity index is 1.37. The normalized spacial score (nSPS) is 27.8. The Kier molecular flexibility index (Phi) is 7.29. The van der Waals surface area contributed by atoms with Gasteiger partial charge in [0.1, 0.15) is 17.0 Å². The quantitative estimate of drug-likeness (QED) is 0.601. The Morgan fingerprint density at radius 2 is 1.78 bits per heavy atom. The molecule has 1 N–H and O–H groups in total. The second kappa shape index (κ2) is 10.4. The molecule has 0 spiro atoms. The summed E-state index contributed by atoms with van der Waals surface area (Å²) in [5.74, 6) is 2.03. The van der Waals surface area contributed by atoms with Gasteiger partial charge in [-0.3, -0.25) is 9.59 Å². The van der Waals surface area contributed by atoms with Crippen LogP contribution in [0.1, 0.15) is 76.2 Å². The van der Waals surface area contributed by atoms with Crippen LogP contribution in [0.5, 0.6) is 0 Å². The van der Waals surface area contributed by atoms with E-state index in [1.165, 1.54) is 12.8 Å². The zero-order chi connectivity index (χ0) is 25.3. The van der Waals surface area contributed by atoms with E-state index in [4.69, 9.17) is 4.42 Å². The summed E-state index contributed by atoms with van der Waals surface area (Å²) >= 11 is 0. The first kappa shape index (κ1) is 25.1. The average molecular weight is 495 g/mol. The molecular formula is C29H42N4O3. The highest BCUT2D eigenvalue weighted by Gasteiger charge is 2.48. The molecule has 1 saturated heterocycles. The van der Waals surface area contributed by atoms with Crippen LogP contribution >= 0.6 is 0 Å². The molecule has 3 aliphatic rings. The SMILES string of the molecule is C[C@@H]1C[C@@H](C)CN(CCCN2C(=O)c3ccc(-c4ccco4)n3C[C@]2(C)C(=O)NC2CCCCC2)C1. The molecule has 2 aromatic heterocycles. The number of nitrogens with zero attached hydrogens (tertiary/aromatic N) is 3. The Morgan fingerprint density at radius 3 is 2.47 bits per heavy atom. The Bertz CT molecular complexity index is 1040. The minimum absolute atomic E-state index is 0.0345. The van der Waals surface area contributed by atoms with Gasteiger partial charge in [0.2, 0.25) is 5.91 Å². The van der Waals surface area contributed by atoms with E-state index in [2.05, 4.69) is 24.1 Å². The molecule has 1 saturated carbocycles. The van der Waals surface area contributed by atoms with Gasteiger partial charge in [-0.15, -0.1) is 0 Å². The first-order chi connectivity index (χ1) is 17.3. The van der Waals surface area contributed by atoms with Crippen LogP contribution in [-0.2, 0) is 11.3 Å². The minimum Gasteiger partial charge on any atom is -0.463 e. The molecule has 7 heteroatoms. The fraction of sp³-hybridized carbons (Fsp3) is 0.655. The van der Waals surface area contributed by atoms with E-state index in [0.717, 1.165) is 57.4 Å². The highest BCUT2D eigenvalue weighted by molar-refractivity contribution is 6.00.